The largest absolute Gasteiger partial charge is 0.497 e. The fourth-order valence-electron chi connectivity index (χ4n) is 1.93. The fourth-order valence-corrected chi connectivity index (χ4v) is 1.93. The number of nitrogens with one attached hydrogen (secondary N) is 1. The monoisotopic (exact) mass is 281 g/mol. The van der Waals surface area contributed by atoms with Gasteiger partial charge in [-0.2, -0.15) is 0 Å². The minimum absolute atomic E-state index is 0.00783. The van der Waals surface area contributed by atoms with Crippen LogP contribution in [-0.4, -0.2) is 12.9 Å². The van der Waals surface area contributed by atoms with Gasteiger partial charge in [0.15, 0.2) is 5.78 Å². The van der Waals surface area contributed by atoms with Crippen LogP contribution in [0.15, 0.2) is 66.4 Å². The average Bonchev–Trinajstić information content (AvgIpc) is 2.55. The van der Waals surface area contributed by atoms with Crippen molar-refractivity contribution in [2.75, 3.05) is 12.4 Å². The van der Waals surface area contributed by atoms with Crippen molar-refractivity contribution in [3.05, 3.63) is 71.9 Å². The van der Waals surface area contributed by atoms with E-state index in [0.717, 1.165) is 23.6 Å². The molecule has 0 aliphatic rings. The predicted octanol–water partition coefficient (Wildman–Crippen LogP) is 4.28. The highest BCUT2D eigenvalue weighted by molar-refractivity contribution is 6.05. The molecule has 0 aliphatic heterocycles. The Morgan fingerprint density at radius 2 is 1.76 bits per heavy atom. The Morgan fingerprint density at radius 3 is 2.33 bits per heavy atom. The van der Waals surface area contributed by atoms with Gasteiger partial charge in [0, 0.05) is 23.0 Å². The molecule has 0 heterocycles. The van der Waals surface area contributed by atoms with E-state index >= 15 is 0 Å². The molecule has 0 spiro atoms. The van der Waals surface area contributed by atoms with Gasteiger partial charge in [0.05, 0.1) is 7.11 Å². The third kappa shape index (κ3) is 4.21. The van der Waals surface area contributed by atoms with E-state index in [1.807, 2.05) is 61.5 Å². The van der Waals surface area contributed by atoms with Crippen LogP contribution in [-0.2, 0) is 0 Å². The third-order valence-corrected chi connectivity index (χ3v) is 3.14. The molecule has 0 bridgehead atoms. The second kappa shape index (κ2) is 7.29. The van der Waals surface area contributed by atoms with Gasteiger partial charge in [0.25, 0.3) is 0 Å². The zero-order valence-electron chi connectivity index (χ0n) is 12.3. The lowest BCUT2D eigenvalue weighted by Crippen LogP contribution is -2.03. The van der Waals surface area contributed by atoms with Gasteiger partial charge >= 0.3 is 0 Å². The second-order valence-corrected chi connectivity index (χ2v) is 4.61. The summed E-state index contributed by atoms with van der Waals surface area (Å²) < 4.78 is 5.13. The van der Waals surface area contributed by atoms with Crippen LogP contribution in [0.25, 0.3) is 0 Å². The van der Waals surface area contributed by atoms with Gasteiger partial charge in [-0.3, -0.25) is 4.79 Å². The molecular formula is C18H19NO2. The van der Waals surface area contributed by atoms with Gasteiger partial charge in [0.2, 0.25) is 0 Å². The zero-order valence-corrected chi connectivity index (χ0v) is 12.3. The summed E-state index contributed by atoms with van der Waals surface area (Å²) in [5, 5.41) is 3.27. The van der Waals surface area contributed by atoms with E-state index in [1.165, 1.54) is 0 Å². The Morgan fingerprint density at radius 1 is 1.10 bits per heavy atom. The first-order valence-electron chi connectivity index (χ1n) is 6.94. The summed E-state index contributed by atoms with van der Waals surface area (Å²) in [6.07, 6.45) is 2.41. The number of hydrogen-bond donors (Lipinski definition) is 1. The highest BCUT2D eigenvalue weighted by atomic mass is 16.5. The van der Waals surface area contributed by atoms with Gasteiger partial charge in [-0.15, -0.1) is 0 Å². The molecule has 2 aromatic carbocycles. The number of methoxy groups -OCH3 is 1. The summed E-state index contributed by atoms with van der Waals surface area (Å²) in [4.78, 5) is 12.2. The number of allylic oxidation sites excluding steroid dienone is 2. The molecule has 0 aromatic heterocycles. The van der Waals surface area contributed by atoms with Crippen molar-refractivity contribution in [1.29, 1.82) is 0 Å². The van der Waals surface area contributed by atoms with Crippen LogP contribution in [0, 0.1) is 0 Å². The molecule has 0 aliphatic carbocycles. The Hall–Kier alpha value is -2.55. The number of anilines is 1. The van der Waals surface area contributed by atoms with Gasteiger partial charge in [-0.25, -0.2) is 0 Å². The predicted molar refractivity (Wildman–Crippen MR) is 85.8 cm³/mol. The van der Waals surface area contributed by atoms with Crippen LogP contribution in [0.5, 0.6) is 5.75 Å². The molecule has 0 amide bonds. The van der Waals surface area contributed by atoms with Crippen molar-refractivity contribution in [2.24, 2.45) is 0 Å². The number of ketones is 1. The van der Waals surface area contributed by atoms with E-state index in [1.54, 1.807) is 13.2 Å². The molecule has 0 atom stereocenters. The quantitative estimate of drug-likeness (QED) is 0.634. The molecule has 1 N–H and O–H groups in total. The van der Waals surface area contributed by atoms with Crippen molar-refractivity contribution in [2.45, 2.75) is 13.3 Å². The highest BCUT2D eigenvalue weighted by Gasteiger charge is 2.04. The lowest BCUT2D eigenvalue weighted by molar-refractivity contribution is 0.104. The summed E-state index contributed by atoms with van der Waals surface area (Å²) >= 11 is 0. The number of benzene rings is 2. The molecule has 2 rings (SSSR count). The lowest BCUT2D eigenvalue weighted by atomic mass is 10.1. The standard InChI is InChI=1S/C18H19NO2/c1-3-15(13-18(20)14-7-5-4-6-8-14)19-16-9-11-17(21-2)12-10-16/h4-13,19H,3H2,1-2H3/b15-13+. The smallest absolute Gasteiger partial charge is 0.187 e. The maximum absolute atomic E-state index is 12.2. The summed E-state index contributed by atoms with van der Waals surface area (Å²) in [5.41, 5.74) is 2.51. The highest BCUT2D eigenvalue weighted by Crippen LogP contribution is 2.17. The number of carbonyl (C=O) groups is 1. The van der Waals surface area contributed by atoms with Crippen LogP contribution in [0.4, 0.5) is 5.69 Å². The molecule has 0 unspecified atom stereocenters. The third-order valence-electron chi connectivity index (χ3n) is 3.14. The molecule has 21 heavy (non-hydrogen) atoms. The zero-order chi connectivity index (χ0) is 15.1. The molecule has 2 aromatic rings. The minimum Gasteiger partial charge on any atom is -0.497 e. The molecule has 0 fully saturated rings. The first-order valence-corrected chi connectivity index (χ1v) is 6.94. The van der Waals surface area contributed by atoms with Crippen LogP contribution in [0.1, 0.15) is 23.7 Å². The number of hydrogen-bond acceptors (Lipinski definition) is 3. The van der Waals surface area contributed by atoms with Gasteiger partial charge in [0.1, 0.15) is 5.75 Å². The summed E-state index contributed by atoms with van der Waals surface area (Å²) in [6, 6.07) is 16.9. The number of rotatable bonds is 6. The molecule has 3 nitrogen and oxygen atoms in total. The van der Waals surface area contributed by atoms with Crippen molar-refractivity contribution in [3.63, 3.8) is 0 Å². The van der Waals surface area contributed by atoms with Gasteiger partial charge in [-0.1, -0.05) is 37.3 Å². The van der Waals surface area contributed by atoms with E-state index in [2.05, 4.69) is 5.32 Å². The van der Waals surface area contributed by atoms with E-state index in [4.69, 9.17) is 4.74 Å². The van der Waals surface area contributed by atoms with Crippen LogP contribution in [0.3, 0.4) is 0 Å². The molecule has 0 radical (unpaired) electrons. The molecular weight excluding hydrogens is 262 g/mol. The topological polar surface area (TPSA) is 38.3 Å². The Kier molecular flexibility index (Phi) is 5.16. The normalized spacial score (nSPS) is 11.0. The Labute approximate surface area is 125 Å². The first-order chi connectivity index (χ1) is 10.2. The van der Waals surface area contributed by atoms with Crippen molar-refractivity contribution in [1.82, 2.24) is 0 Å². The molecule has 0 saturated heterocycles. The fraction of sp³-hybridized carbons (Fsp3) is 0.167. The maximum Gasteiger partial charge on any atom is 0.187 e. The van der Waals surface area contributed by atoms with E-state index in [0.29, 0.717) is 5.56 Å². The SMILES string of the molecule is CC/C(=C\C(=O)c1ccccc1)Nc1ccc(OC)cc1. The summed E-state index contributed by atoms with van der Waals surface area (Å²) in [7, 11) is 1.64. The Bertz CT molecular complexity index is 615. The lowest BCUT2D eigenvalue weighted by Gasteiger charge is -2.10. The van der Waals surface area contributed by atoms with Crippen LogP contribution >= 0.6 is 0 Å². The Balaban J connectivity index is 2.11. The second-order valence-electron chi connectivity index (χ2n) is 4.61. The average molecular weight is 281 g/mol. The molecule has 108 valence electrons. The number of carbonyl (C=O) groups excluding carboxylic acids is 1. The minimum atomic E-state index is 0.00783. The summed E-state index contributed by atoms with van der Waals surface area (Å²) in [6.45, 7) is 2.01. The van der Waals surface area contributed by atoms with Crippen LogP contribution < -0.4 is 10.1 Å². The number of ether oxygens (including phenoxy) is 1. The molecule has 0 saturated carbocycles. The van der Waals surface area contributed by atoms with Crippen molar-refractivity contribution in [3.8, 4) is 5.75 Å². The van der Waals surface area contributed by atoms with E-state index in [-0.39, 0.29) is 5.78 Å². The summed E-state index contributed by atoms with van der Waals surface area (Å²) in [5.74, 6) is 0.816. The van der Waals surface area contributed by atoms with Gasteiger partial charge < -0.3 is 10.1 Å². The first kappa shape index (κ1) is 14.9. The van der Waals surface area contributed by atoms with Gasteiger partial charge in [-0.05, 0) is 30.7 Å². The maximum atomic E-state index is 12.2. The molecule has 3 heteroatoms. The van der Waals surface area contributed by atoms with Crippen molar-refractivity contribution >= 4 is 11.5 Å². The van der Waals surface area contributed by atoms with E-state index < -0.39 is 0 Å². The van der Waals surface area contributed by atoms with Crippen LogP contribution in [0.2, 0.25) is 0 Å². The van der Waals surface area contributed by atoms with E-state index in [9.17, 15) is 4.79 Å². The van der Waals surface area contributed by atoms with Crippen molar-refractivity contribution < 1.29 is 9.53 Å².